The molecule has 1 aliphatic heterocycles. The molecule has 1 saturated heterocycles. The third kappa shape index (κ3) is 3.61. The van der Waals surface area contributed by atoms with Crippen LogP contribution in [0.1, 0.15) is 11.4 Å². The average molecular weight is 418 g/mol. The minimum absolute atomic E-state index is 1.000. The number of hydrogen-bond donors (Lipinski definition) is 0. The Morgan fingerprint density at radius 3 is 2.33 bits per heavy atom. The van der Waals surface area contributed by atoms with Gasteiger partial charge < -0.3 is 9.47 Å². The van der Waals surface area contributed by atoms with Crippen molar-refractivity contribution in [2.45, 2.75) is 20.4 Å². The molecule has 1 aliphatic rings. The molecule has 0 amide bonds. The van der Waals surface area contributed by atoms with Gasteiger partial charge in [-0.2, -0.15) is 0 Å². The van der Waals surface area contributed by atoms with Crippen molar-refractivity contribution in [2.24, 2.45) is 0 Å². The maximum atomic E-state index is 4.72. The molecule has 154 valence electrons. The van der Waals surface area contributed by atoms with E-state index in [-0.39, 0.29) is 0 Å². The third-order valence-corrected chi connectivity index (χ3v) is 7.05. The first kappa shape index (κ1) is 19.3. The first-order valence-corrected chi connectivity index (χ1v) is 11.5. The summed E-state index contributed by atoms with van der Waals surface area (Å²) in [6.45, 7) is 10.7. The molecule has 5 nitrogen and oxygen atoms in total. The van der Waals surface area contributed by atoms with Gasteiger partial charge in [-0.25, -0.2) is 9.97 Å². The van der Waals surface area contributed by atoms with Crippen LogP contribution in [0.5, 0.6) is 0 Å². The summed E-state index contributed by atoms with van der Waals surface area (Å²) in [5.74, 6) is 1.08. The Hall–Kier alpha value is -2.70. The monoisotopic (exact) mass is 417 g/mol. The second-order valence-corrected chi connectivity index (χ2v) is 8.85. The zero-order chi connectivity index (χ0) is 20.5. The van der Waals surface area contributed by atoms with Crippen LogP contribution in [0.25, 0.3) is 21.3 Å². The lowest BCUT2D eigenvalue weighted by Crippen LogP contribution is -2.47. The summed E-state index contributed by atoms with van der Waals surface area (Å²) in [7, 11) is 0. The largest absolute Gasteiger partial charge is 0.353 e. The van der Waals surface area contributed by atoms with Crippen LogP contribution >= 0.6 is 11.3 Å². The normalized spacial score (nSPS) is 15.2. The molecule has 4 aromatic rings. The van der Waals surface area contributed by atoms with Crippen molar-refractivity contribution in [3.63, 3.8) is 0 Å². The first-order chi connectivity index (χ1) is 14.7. The van der Waals surface area contributed by atoms with Gasteiger partial charge in [-0.3, -0.25) is 4.90 Å². The molecule has 0 aliphatic carbocycles. The van der Waals surface area contributed by atoms with E-state index in [9.17, 15) is 0 Å². The van der Waals surface area contributed by atoms with Gasteiger partial charge in [-0.1, -0.05) is 30.3 Å². The van der Waals surface area contributed by atoms with E-state index in [4.69, 9.17) is 4.98 Å². The molecule has 0 bridgehead atoms. The number of hydrogen-bond acceptors (Lipinski definition) is 5. The summed E-state index contributed by atoms with van der Waals surface area (Å²) < 4.78 is 2.41. The van der Waals surface area contributed by atoms with Crippen LogP contribution < -0.4 is 4.90 Å². The highest BCUT2D eigenvalue weighted by atomic mass is 32.1. The van der Waals surface area contributed by atoms with Crippen LogP contribution in [0.15, 0.2) is 54.2 Å². The van der Waals surface area contributed by atoms with Gasteiger partial charge in [0, 0.05) is 61.6 Å². The van der Waals surface area contributed by atoms with Crippen molar-refractivity contribution in [1.82, 2.24) is 19.4 Å². The summed E-state index contributed by atoms with van der Waals surface area (Å²) in [5, 5.41) is 3.41. The van der Waals surface area contributed by atoms with E-state index in [1.165, 1.54) is 27.9 Å². The van der Waals surface area contributed by atoms with E-state index in [1.54, 1.807) is 17.7 Å². The molecule has 0 N–H and O–H groups in total. The molecule has 6 heteroatoms. The predicted molar refractivity (Wildman–Crippen MR) is 125 cm³/mol. The lowest BCUT2D eigenvalue weighted by atomic mass is 10.1. The molecule has 5 rings (SSSR count). The lowest BCUT2D eigenvalue weighted by molar-refractivity contribution is 0.247. The summed E-state index contributed by atoms with van der Waals surface area (Å²) in [5.41, 5.74) is 5.17. The van der Waals surface area contributed by atoms with Crippen molar-refractivity contribution < 1.29 is 0 Å². The van der Waals surface area contributed by atoms with E-state index in [1.807, 2.05) is 0 Å². The number of aryl methyl sites for hydroxylation is 2. The Bertz CT molecular complexity index is 1120. The minimum Gasteiger partial charge on any atom is -0.353 e. The molecule has 3 aromatic heterocycles. The summed E-state index contributed by atoms with van der Waals surface area (Å²) >= 11 is 1.71. The van der Waals surface area contributed by atoms with E-state index in [2.05, 4.69) is 81.0 Å². The zero-order valence-electron chi connectivity index (χ0n) is 17.6. The fourth-order valence-corrected chi connectivity index (χ4v) is 5.32. The van der Waals surface area contributed by atoms with Gasteiger partial charge in [-0.05, 0) is 31.5 Å². The quantitative estimate of drug-likeness (QED) is 0.476. The summed E-state index contributed by atoms with van der Waals surface area (Å²) in [6, 6.07) is 15.0. The Morgan fingerprint density at radius 1 is 0.867 bits per heavy atom. The molecule has 4 heterocycles. The molecule has 0 atom stereocenters. The highest BCUT2D eigenvalue weighted by molar-refractivity contribution is 7.17. The molecule has 0 spiro atoms. The molecule has 1 fully saturated rings. The molecule has 0 unspecified atom stereocenters. The van der Waals surface area contributed by atoms with Crippen LogP contribution in [0.3, 0.4) is 0 Å². The molecule has 0 radical (unpaired) electrons. The van der Waals surface area contributed by atoms with Crippen LogP contribution in [-0.4, -0.2) is 52.2 Å². The molecule has 1 aromatic carbocycles. The number of anilines is 1. The average Bonchev–Trinajstić information content (AvgIpc) is 3.36. The van der Waals surface area contributed by atoms with Gasteiger partial charge in [-0.15, -0.1) is 11.3 Å². The SMILES string of the molecule is Cc1ccc(C)n1CCN1CCN(c2ncnc3scc(-c4ccccc4)c23)CC1. The second-order valence-electron chi connectivity index (χ2n) is 7.99. The third-order valence-electron chi connectivity index (χ3n) is 6.16. The smallest absolute Gasteiger partial charge is 0.141 e. The lowest BCUT2D eigenvalue weighted by Gasteiger charge is -2.36. The van der Waals surface area contributed by atoms with Crippen molar-refractivity contribution in [1.29, 1.82) is 0 Å². The van der Waals surface area contributed by atoms with Gasteiger partial charge in [0.15, 0.2) is 0 Å². The van der Waals surface area contributed by atoms with Crippen LogP contribution in [-0.2, 0) is 6.54 Å². The van der Waals surface area contributed by atoms with Crippen LogP contribution in [0.2, 0.25) is 0 Å². The van der Waals surface area contributed by atoms with Crippen molar-refractivity contribution in [3.8, 4) is 11.1 Å². The highest BCUT2D eigenvalue weighted by Gasteiger charge is 2.22. The Kier molecular flexibility index (Phi) is 5.27. The Morgan fingerprint density at radius 2 is 1.60 bits per heavy atom. The summed E-state index contributed by atoms with van der Waals surface area (Å²) in [4.78, 5) is 15.3. The fourth-order valence-electron chi connectivity index (χ4n) is 4.41. The number of aromatic nitrogens is 3. The maximum absolute atomic E-state index is 4.72. The number of piperazine rings is 1. The standard InChI is InChI=1S/C24H27N5S/c1-18-8-9-19(2)29(18)15-12-27-10-13-28(14-11-27)23-22-21(20-6-4-3-5-7-20)16-30-24(22)26-17-25-23/h3-9,16-17H,10-15H2,1-2H3. The fraction of sp³-hybridized carbons (Fsp3) is 0.333. The zero-order valence-corrected chi connectivity index (χ0v) is 18.4. The molecular weight excluding hydrogens is 390 g/mol. The van der Waals surface area contributed by atoms with Gasteiger partial charge in [0.2, 0.25) is 0 Å². The molecular formula is C24H27N5S. The Labute approximate surface area is 181 Å². The van der Waals surface area contributed by atoms with Gasteiger partial charge in [0.05, 0.1) is 5.39 Å². The Balaban J connectivity index is 1.32. The molecule has 30 heavy (non-hydrogen) atoms. The highest BCUT2D eigenvalue weighted by Crippen LogP contribution is 2.37. The number of fused-ring (bicyclic) bond motifs is 1. The number of thiophene rings is 1. The minimum atomic E-state index is 1.000. The van der Waals surface area contributed by atoms with Crippen LogP contribution in [0.4, 0.5) is 5.82 Å². The van der Waals surface area contributed by atoms with Gasteiger partial charge >= 0.3 is 0 Å². The summed E-state index contributed by atoms with van der Waals surface area (Å²) in [6.07, 6.45) is 1.72. The van der Waals surface area contributed by atoms with Crippen LogP contribution in [0, 0.1) is 13.8 Å². The van der Waals surface area contributed by atoms with Crippen molar-refractivity contribution >= 4 is 27.4 Å². The van der Waals surface area contributed by atoms with E-state index < -0.39 is 0 Å². The van der Waals surface area contributed by atoms with Crippen molar-refractivity contribution in [2.75, 3.05) is 37.6 Å². The van der Waals surface area contributed by atoms with Crippen molar-refractivity contribution in [3.05, 3.63) is 65.6 Å². The van der Waals surface area contributed by atoms with Gasteiger partial charge in [0.25, 0.3) is 0 Å². The predicted octanol–water partition coefficient (Wildman–Crippen LogP) is 4.60. The number of benzene rings is 1. The van der Waals surface area contributed by atoms with E-state index in [0.29, 0.717) is 0 Å². The van der Waals surface area contributed by atoms with E-state index in [0.717, 1.165) is 49.9 Å². The topological polar surface area (TPSA) is 37.2 Å². The van der Waals surface area contributed by atoms with Gasteiger partial charge in [0.1, 0.15) is 17.0 Å². The second kappa shape index (κ2) is 8.20. The number of rotatable bonds is 5. The van der Waals surface area contributed by atoms with E-state index >= 15 is 0 Å². The molecule has 0 saturated carbocycles. The first-order valence-electron chi connectivity index (χ1n) is 10.6. The maximum Gasteiger partial charge on any atom is 0.141 e. The number of nitrogens with zero attached hydrogens (tertiary/aromatic N) is 5.